The lowest BCUT2D eigenvalue weighted by atomic mass is 9.92. The van der Waals surface area contributed by atoms with Crippen LogP contribution in [0.4, 0.5) is 5.82 Å². The predicted octanol–water partition coefficient (Wildman–Crippen LogP) is 3.60. The number of nitrogens with zero attached hydrogens (tertiary/aromatic N) is 3. The molecular formula is C23H32N4O3S. The third-order valence-corrected chi connectivity index (χ3v) is 8.37. The maximum absolute atomic E-state index is 13.2. The zero-order valence-electron chi connectivity index (χ0n) is 18.2. The maximum atomic E-state index is 13.2. The Morgan fingerprint density at radius 3 is 2.61 bits per heavy atom. The first kappa shape index (κ1) is 22.0. The summed E-state index contributed by atoms with van der Waals surface area (Å²) in [4.78, 5) is 13.1. The molecule has 168 valence electrons. The van der Waals surface area contributed by atoms with Crippen LogP contribution in [0.25, 0.3) is 0 Å². The predicted molar refractivity (Wildman–Crippen MR) is 120 cm³/mol. The second-order valence-electron chi connectivity index (χ2n) is 8.60. The van der Waals surface area contributed by atoms with Crippen molar-refractivity contribution in [2.45, 2.75) is 69.7 Å². The zero-order valence-corrected chi connectivity index (χ0v) is 19.0. The minimum absolute atomic E-state index is 0.0518. The molecule has 1 amide bonds. The topological polar surface area (TPSA) is 84.3 Å². The van der Waals surface area contributed by atoms with Gasteiger partial charge < -0.3 is 5.32 Å². The highest BCUT2D eigenvalue weighted by atomic mass is 32.2. The Morgan fingerprint density at radius 1 is 1.13 bits per heavy atom. The molecule has 1 N–H and O–H groups in total. The lowest BCUT2D eigenvalue weighted by molar-refractivity contribution is -0.121. The summed E-state index contributed by atoms with van der Waals surface area (Å²) in [7, 11) is -3.52. The average Bonchev–Trinajstić information content (AvgIpc) is 3.24. The summed E-state index contributed by atoms with van der Waals surface area (Å²) >= 11 is 0. The van der Waals surface area contributed by atoms with E-state index in [4.69, 9.17) is 0 Å². The van der Waals surface area contributed by atoms with Crippen LogP contribution in [0.2, 0.25) is 0 Å². The third-order valence-electron chi connectivity index (χ3n) is 6.47. The normalized spacial score (nSPS) is 18.0. The smallest absolute Gasteiger partial charge is 0.243 e. The number of fused-ring (bicyclic) bond motifs is 1. The molecule has 2 aliphatic rings. The zero-order chi connectivity index (χ0) is 21.8. The SMILES string of the molecule is CCCCn1nccc1NC(=O)C1CCN(S(=O)(=O)c2ccc3c(c2)CCCC3)CC1. The summed E-state index contributed by atoms with van der Waals surface area (Å²) in [5.41, 5.74) is 2.44. The molecule has 0 unspecified atom stereocenters. The van der Waals surface area contributed by atoms with E-state index >= 15 is 0 Å². The van der Waals surface area contributed by atoms with Crippen LogP contribution in [0.3, 0.4) is 0 Å². The van der Waals surface area contributed by atoms with E-state index in [2.05, 4.69) is 17.3 Å². The van der Waals surface area contributed by atoms with E-state index in [1.54, 1.807) is 12.3 Å². The molecular weight excluding hydrogens is 412 g/mol. The fourth-order valence-electron chi connectivity index (χ4n) is 4.53. The van der Waals surface area contributed by atoms with E-state index in [-0.39, 0.29) is 11.8 Å². The molecule has 1 aliphatic heterocycles. The molecule has 1 fully saturated rings. The van der Waals surface area contributed by atoms with E-state index in [1.807, 2.05) is 22.9 Å². The van der Waals surface area contributed by atoms with Crippen molar-refractivity contribution >= 4 is 21.7 Å². The lowest BCUT2D eigenvalue weighted by Gasteiger charge is -2.31. The molecule has 0 saturated carbocycles. The van der Waals surface area contributed by atoms with Crippen molar-refractivity contribution in [2.75, 3.05) is 18.4 Å². The van der Waals surface area contributed by atoms with Gasteiger partial charge in [0, 0.05) is 31.6 Å². The Labute approximate surface area is 184 Å². The van der Waals surface area contributed by atoms with E-state index in [0.29, 0.717) is 36.6 Å². The molecule has 0 radical (unpaired) electrons. The van der Waals surface area contributed by atoms with E-state index in [9.17, 15) is 13.2 Å². The van der Waals surface area contributed by atoms with Gasteiger partial charge in [0.05, 0.1) is 11.1 Å². The number of benzene rings is 1. The minimum Gasteiger partial charge on any atom is -0.311 e. The number of nitrogens with one attached hydrogen (secondary N) is 1. The first-order valence-electron chi connectivity index (χ1n) is 11.4. The van der Waals surface area contributed by atoms with E-state index in [1.165, 1.54) is 21.9 Å². The van der Waals surface area contributed by atoms with Crippen LogP contribution < -0.4 is 5.32 Å². The van der Waals surface area contributed by atoms with Gasteiger partial charge in [-0.1, -0.05) is 19.4 Å². The molecule has 0 spiro atoms. The number of unbranched alkanes of at least 4 members (excludes halogenated alkanes) is 1. The van der Waals surface area contributed by atoms with Gasteiger partial charge in [0.2, 0.25) is 15.9 Å². The Balaban J connectivity index is 1.37. The van der Waals surface area contributed by atoms with Gasteiger partial charge in [-0.25, -0.2) is 13.1 Å². The van der Waals surface area contributed by atoms with E-state index in [0.717, 1.165) is 38.6 Å². The highest BCUT2D eigenvalue weighted by molar-refractivity contribution is 7.89. The number of hydrogen-bond donors (Lipinski definition) is 1. The second-order valence-corrected chi connectivity index (χ2v) is 10.5. The van der Waals surface area contributed by atoms with Gasteiger partial charge in [-0.15, -0.1) is 0 Å². The summed E-state index contributed by atoms with van der Waals surface area (Å²) in [6.45, 7) is 3.63. The van der Waals surface area contributed by atoms with Gasteiger partial charge in [0.25, 0.3) is 0 Å². The van der Waals surface area contributed by atoms with Crippen molar-refractivity contribution in [1.82, 2.24) is 14.1 Å². The largest absolute Gasteiger partial charge is 0.311 e. The number of sulfonamides is 1. The van der Waals surface area contributed by atoms with Gasteiger partial charge in [-0.3, -0.25) is 4.79 Å². The Hall–Kier alpha value is -2.19. The Kier molecular flexibility index (Phi) is 6.77. The number of hydrogen-bond acceptors (Lipinski definition) is 4. The van der Waals surface area contributed by atoms with Crippen molar-refractivity contribution in [3.05, 3.63) is 41.6 Å². The van der Waals surface area contributed by atoms with Gasteiger partial charge in [-0.05, 0) is 68.2 Å². The molecule has 0 bridgehead atoms. The molecule has 1 aromatic heterocycles. The van der Waals surface area contributed by atoms with Crippen LogP contribution in [0.5, 0.6) is 0 Å². The highest BCUT2D eigenvalue weighted by Crippen LogP contribution is 2.28. The minimum atomic E-state index is -3.52. The number of anilines is 1. The molecule has 0 atom stereocenters. The molecule has 31 heavy (non-hydrogen) atoms. The fraction of sp³-hybridized carbons (Fsp3) is 0.565. The van der Waals surface area contributed by atoms with Crippen molar-refractivity contribution in [1.29, 1.82) is 0 Å². The molecule has 2 heterocycles. The first-order chi connectivity index (χ1) is 15.0. The molecule has 1 aliphatic carbocycles. The van der Waals surface area contributed by atoms with Crippen LogP contribution >= 0.6 is 0 Å². The Morgan fingerprint density at radius 2 is 1.87 bits per heavy atom. The lowest BCUT2D eigenvalue weighted by Crippen LogP contribution is -2.41. The summed E-state index contributed by atoms with van der Waals surface area (Å²) in [6.07, 6.45) is 9.09. The highest BCUT2D eigenvalue weighted by Gasteiger charge is 2.32. The standard InChI is InChI=1S/C23H32N4O3S/c1-2-3-14-27-22(10-13-24-27)25-23(28)19-11-15-26(16-12-19)31(29,30)21-9-8-18-6-4-5-7-20(18)17-21/h8-10,13,17,19H,2-7,11-12,14-16H2,1H3,(H,25,28). The van der Waals surface area contributed by atoms with Crippen LogP contribution in [0.1, 0.15) is 56.6 Å². The molecule has 7 nitrogen and oxygen atoms in total. The molecule has 1 aromatic carbocycles. The number of amides is 1. The van der Waals surface area contributed by atoms with Gasteiger partial charge >= 0.3 is 0 Å². The van der Waals surface area contributed by atoms with Crippen molar-refractivity contribution < 1.29 is 13.2 Å². The average molecular weight is 445 g/mol. The molecule has 8 heteroatoms. The summed E-state index contributed by atoms with van der Waals surface area (Å²) < 4.78 is 29.7. The number of carbonyl (C=O) groups is 1. The number of carbonyl (C=O) groups excluding carboxylic acids is 1. The quantitative estimate of drug-likeness (QED) is 0.707. The third kappa shape index (κ3) is 4.85. The molecule has 2 aromatic rings. The van der Waals surface area contributed by atoms with Gasteiger partial charge in [-0.2, -0.15) is 9.40 Å². The van der Waals surface area contributed by atoms with Gasteiger partial charge in [0.1, 0.15) is 5.82 Å². The molecule has 1 saturated heterocycles. The van der Waals surface area contributed by atoms with E-state index < -0.39 is 10.0 Å². The Bertz CT molecular complexity index is 1020. The summed E-state index contributed by atoms with van der Waals surface area (Å²) in [6, 6.07) is 7.39. The van der Waals surface area contributed by atoms with Gasteiger partial charge in [0.15, 0.2) is 0 Å². The summed E-state index contributed by atoms with van der Waals surface area (Å²) in [5, 5.41) is 7.26. The van der Waals surface area contributed by atoms with Crippen molar-refractivity contribution in [3.63, 3.8) is 0 Å². The monoisotopic (exact) mass is 444 g/mol. The number of aromatic nitrogens is 2. The second kappa shape index (κ2) is 9.53. The summed E-state index contributed by atoms with van der Waals surface area (Å²) in [5.74, 6) is 0.469. The fourth-order valence-corrected chi connectivity index (χ4v) is 6.05. The number of piperidine rings is 1. The van der Waals surface area contributed by atoms with Crippen LogP contribution in [0, 0.1) is 5.92 Å². The van der Waals surface area contributed by atoms with Crippen molar-refractivity contribution in [3.8, 4) is 0 Å². The first-order valence-corrected chi connectivity index (χ1v) is 12.9. The maximum Gasteiger partial charge on any atom is 0.243 e. The van der Waals surface area contributed by atoms with Crippen LogP contribution in [-0.2, 0) is 34.2 Å². The number of aryl methyl sites for hydroxylation is 3. The number of rotatable bonds is 7. The molecule has 4 rings (SSSR count). The van der Waals surface area contributed by atoms with Crippen LogP contribution in [0.15, 0.2) is 35.4 Å². The van der Waals surface area contributed by atoms with Crippen LogP contribution in [-0.4, -0.2) is 41.5 Å². The van der Waals surface area contributed by atoms with Crippen molar-refractivity contribution in [2.24, 2.45) is 5.92 Å².